The molecular formula is C13H18BrNOS. The fraction of sp³-hybridized carbons (Fsp3) is 0.615. The number of hydrogen-bond donors (Lipinski definition) is 0. The number of Topliss-reactive ketones (excluding diaryl/α,β-unsaturated/α-hetero) is 1. The van der Waals surface area contributed by atoms with Crippen molar-refractivity contribution in [1.29, 1.82) is 0 Å². The maximum Gasteiger partial charge on any atom is 0.187 e. The van der Waals surface area contributed by atoms with Crippen molar-refractivity contribution < 1.29 is 4.79 Å². The zero-order valence-corrected chi connectivity index (χ0v) is 12.7. The van der Waals surface area contributed by atoms with Crippen LogP contribution in [0.1, 0.15) is 36.4 Å². The van der Waals surface area contributed by atoms with Gasteiger partial charge in [0.05, 0.1) is 11.4 Å². The summed E-state index contributed by atoms with van der Waals surface area (Å²) in [7, 11) is 0. The number of halogens is 1. The average Bonchev–Trinajstić information content (AvgIpc) is 2.62. The Morgan fingerprint density at radius 1 is 1.59 bits per heavy atom. The first kappa shape index (κ1) is 13.2. The largest absolute Gasteiger partial charge is 0.295 e. The van der Waals surface area contributed by atoms with Gasteiger partial charge in [0.1, 0.15) is 0 Å². The third kappa shape index (κ3) is 3.39. The van der Waals surface area contributed by atoms with Crippen LogP contribution in [0.2, 0.25) is 0 Å². The molecule has 1 aromatic heterocycles. The fourth-order valence-electron chi connectivity index (χ4n) is 2.45. The summed E-state index contributed by atoms with van der Waals surface area (Å²) in [4.78, 5) is 15.3. The zero-order chi connectivity index (χ0) is 12.5. The van der Waals surface area contributed by atoms with Gasteiger partial charge in [-0.2, -0.15) is 0 Å². The molecule has 2 heterocycles. The highest BCUT2D eigenvalue weighted by Crippen LogP contribution is 2.29. The molecule has 2 nitrogen and oxygen atoms in total. The first-order valence-corrected chi connectivity index (χ1v) is 7.64. The molecule has 4 heteroatoms. The minimum Gasteiger partial charge on any atom is -0.295 e. The second-order valence-corrected chi connectivity index (χ2v) is 7.27. The SMILES string of the molecule is CC1(C)CCCN(CC(=O)c2sccc2Br)C1. The highest BCUT2D eigenvalue weighted by molar-refractivity contribution is 9.10. The van der Waals surface area contributed by atoms with Gasteiger partial charge >= 0.3 is 0 Å². The van der Waals surface area contributed by atoms with Crippen LogP contribution in [0.25, 0.3) is 0 Å². The van der Waals surface area contributed by atoms with Crippen molar-refractivity contribution in [2.24, 2.45) is 5.41 Å². The van der Waals surface area contributed by atoms with Gasteiger partial charge in [-0.3, -0.25) is 9.69 Å². The van der Waals surface area contributed by atoms with E-state index in [0.717, 1.165) is 22.4 Å². The van der Waals surface area contributed by atoms with Crippen LogP contribution in [0.4, 0.5) is 0 Å². The number of ketones is 1. The molecule has 1 aliphatic rings. The summed E-state index contributed by atoms with van der Waals surface area (Å²) >= 11 is 4.95. The monoisotopic (exact) mass is 315 g/mol. The third-order valence-electron chi connectivity index (χ3n) is 3.22. The number of nitrogens with zero attached hydrogens (tertiary/aromatic N) is 1. The van der Waals surface area contributed by atoms with Crippen LogP contribution in [0, 0.1) is 5.41 Å². The normalized spacial score (nSPS) is 20.4. The molecule has 17 heavy (non-hydrogen) atoms. The molecule has 1 aromatic rings. The second kappa shape index (κ2) is 5.21. The van der Waals surface area contributed by atoms with Crippen molar-refractivity contribution in [3.8, 4) is 0 Å². The lowest BCUT2D eigenvalue weighted by atomic mass is 9.84. The van der Waals surface area contributed by atoms with Crippen LogP contribution in [0.15, 0.2) is 15.9 Å². The molecule has 1 fully saturated rings. The topological polar surface area (TPSA) is 20.3 Å². The summed E-state index contributed by atoms with van der Waals surface area (Å²) in [5.74, 6) is 0.240. The molecule has 0 spiro atoms. The lowest BCUT2D eigenvalue weighted by molar-refractivity contribution is 0.0813. The number of likely N-dealkylation sites (tertiary alicyclic amines) is 1. The van der Waals surface area contributed by atoms with E-state index < -0.39 is 0 Å². The van der Waals surface area contributed by atoms with Crippen molar-refractivity contribution in [2.75, 3.05) is 19.6 Å². The number of hydrogen-bond acceptors (Lipinski definition) is 3. The first-order valence-electron chi connectivity index (χ1n) is 5.96. The van der Waals surface area contributed by atoms with Crippen LogP contribution >= 0.6 is 27.3 Å². The fourth-order valence-corrected chi connectivity index (χ4v) is 3.97. The molecule has 0 amide bonds. The van der Waals surface area contributed by atoms with Crippen LogP contribution in [0.5, 0.6) is 0 Å². The van der Waals surface area contributed by atoms with Crippen molar-refractivity contribution in [3.05, 3.63) is 20.8 Å². The molecule has 1 aliphatic heterocycles. The lowest BCUT2D eigenvalue weighted by Gasteiger charge is -2.37. The van der Waals surface area contributed by atoms with E-state index in [1.54, 1.807) is 0 Å². The van der Waals surface area contributed by atoms with E-state index in [1.807, 2.05) is 11.4 Å². The average molecular weight is 316 g/mol. The second-order valence-electron chi connectivity index (χ2n) is 5.50. The van der Waals surface area contributed by atoms with Crippen LogP contribution in [-0.4, -0.2) is 30.3 Å². The van der Waals surface area contributed by atoms with Gasteiger partial charge in [-0.25, -0.2) is 0 Å². The molecule has 0 bridgehead atoms. The molecule has 0 N–H and O–H groups in total. The van der Waals surface area contributed by atoms with E-state index in [4.69, 9.17) is 0 Å². The smallest absolute Gasteiger partial charge is 0.187 e. The molecule has 0 saturated carbocycles. The number of carbonyl (C=O) groups is 1. The Labute approximate surface area is 115 Å². The van der Waals surface area contributed by atoms with E-state index >= 15 is 0 Å². The predicted molar refractivity (Wildman–Crippen MR) is 75.8 cm³/mol. The molecule has 0 unspecified atom stereocenters. The van der Waals surface area contributed by atoms with Crippen molar-refractivity contribution >= 4 is 33.0 Å². The molecule has 0 aromatic carbocycles. The van der Waals surface area contributed by atoms with Gasteiger partial charge in [0.2, 0.25) is 0 Å². The van der Waals surface area contributed by atoms with E-state index in [2.05, 4.69) is 34.7 Å². The van der Waals surface area contributed by atoms with E-state index in [-0.39, 0.29) is 5.78 Å². The van der Waals surface area contributed by atoms with Gasteiger partial charge in [0, 0.05) is 11.0 Å². The van der Waals surface area contributed by atoms with Gasteiger partial charge in [-0.05, 0) is 52.2 Å². The number of thiophene rings is 1. The quantitative estimate of drug-likeness (QED) is 0.790. The van der Waals surface area contributed by atoms with Gasteiger partial charge in [-0.15, -0.1) is 11.3 Å². The van der Waals surface area contributed by atoms with E-state index in [1.165, 1.54) is 24.2 Å². The van der Waals surface area contributed by atoms with E-state index in [0.29, 0.717) is 12.0 Å². The molecule has 0 radical (unpaired) electrons. The van der Waals surface area contributed by atoms with Crippen molar-refractivity contribution in [3.63, 3.8) is 0 Å². The summed E-state index contributed by atoms with van der Waals surface area (Å²) in [5.41, 5.74) is 0.352. The summed E-state index contributed by atoms with van der Waals surface area (Å²) in [6.07, 6.45) is 2.46. The Morgan fingerprint density at radius 3 is 2.94 bits per heavy atom. The highest BCUT2D eigenvalue weighted by Gasteiger charge is 2.27. The predicted octanol–water partition coefficient (Wildman–Crippen LogP) is 3.82. The Hall–Kier alpha value is -0.190. The summed E-state index contributed by atoms with van der Waals surface area (Å²) in [5, 5.41) is 1.96. The Kier molecular flexibility index (Phi) is 4.06. The molecular weight excluding hydrogens is 298 g/mol. The summed E-state index contributed by atoms with van der Waals surface area (Å²) in [6.45, 7) is 7.21. The van der Waals surface area contributed by atoms with Crippen LogP contribution in [0.3, 0.4) is 0 Å². The van der Waals surface area contributed by atoms with Crippen LogP contribution in [-0.2, 0) is 0 Å². The maximum atomic E-state index is 12.1. The summed E-state index contributed by atoms with van der Waals surface area (Å²) < 4.78 is 0.934. The van der Waals surface area contributed by atoms with Gasteiger partial charge < -0.3 is 0 Å². The maximum absolute atomic E-state index is 12.1. The first-order chi connectivity index (χ1) is 7.98. The van der Waals surface area contributed by atoms with Crippen molar-refractivity contribution in [2.45, 2.75) is 26.7 Å². The Morgan fingerprint density at radius 2 is 2.35 bits per heavy atom. The molecule has 94 valence electrons. The number of piperidine rings is 1. The van der Waals surface area contributed by atoms with Gasteiger partial charge in [-0.1, -0.05) is 13.8 Å². The van der Waals surface area contributed by atoms with E-state index in [9.17, 15) is 4.79 Å². The van der Waals surface area contributed by atoms with Crippen LogP contribution < -0.4 is 0 Å². The minimum absolute atomic E-state index is 0.240. The van der Waals surface area contributed by atoms with Gasteiger partial charge in [0.15, 0.2) is 5.78 Å². The lowest BCUT2D eigenvalue weighted by Crippen LogP contribution is -2.42. The number of rotatable bonds is 3. The summed E-state index contributed by atoms with van der Waals surface area (Å²) in [6, 6.07) is 1.94. The highest BCUT2D eigenvalue weighted by atomic mass is 79.9. The minimum atomic E-state index is 0.240. The third-order valence-corrected chi connectivity index (χ3v) is 5.10. The molecule has 0 atom stereocenters. The molecule has 1 saturated heterocycles. The Bertz CT molecular complexity index is 413. The van der Waals surface area contributed by atoms with Gasteiger partial charge in [0.25, 0.3) is 0 Å². The standard InChI is InChI=1S/C13H18BrNOS/c1-13(2)5-3-6-15(9-13)8-11(16)12-10(14)4-7-17-12/h4,7H,3,5-6,8-9H2,1-2H3. The number of carbonyl (C=O) groups excluding carboxylic acids is 1. The van der Waals surface area contributed by atoms with Crippen molar-refractivity contribution in [1.82, 2.24) is 4.90 Å². The Balaban J connectivity index is 1.98. The zero-order valence-electron chi connectivity index (χ0n) is 10.3. The molecule has 0 aliphatic carbocycles. The molecule has 2 rings (SSSR count).